The first-order valence-corrected chi connectivity index (χ1v) is 8.45. The molecular weight excluding hydrogens is 334 g/mol. The number of ether oxygens (including phenoxy) is 3. The average molecular weight is 355 g/mol. The van der Waals surface area contributed by atoms with E-state index in [1.54, 1.807) is 18.2 Å². The Kier molecular flexibility index (Phi) is 5.11. The van der Waals surface area contributed by atoms with E-state index in [9.17, 15) is 9.59 Å². The molecule has 6 heteroatoms. The van der Waals surface area contributed by atoms with Crippen molar-refractivity contribution in [2.24, 2.45) is 0 Å². The lowest BCUT2D eigenvalue weighted by atomic mass is 10.0. The molecule has 1 aliphatic rings. The molecule has 0 aromatic heterocycles. The fraction of sp³-hybridized carbons (Fsp3) is 0.300. The molecule has 0 bridgehead atoms. The van der Waals surface area contributed by atoms with Gasteiger partial charge in [0.1, 0.15) is 0 Å². The predicted octanol–water partition coefficient (Wildman–Crippen LogP) is 3.72. The molecule has 26 heavy (non-hydrogen) atoms. The maximum atomic E-state index is 12.3. The Morgan fingerprint density at radius 3 is 2.38 bits per heavy atom. The van der Waals surface area contributed by atoms with Crippen LogP contribution >= 0.6 is 0 Å². The van der Waals surface area contributed by atoms with E-state index in [-0.39, 0.29) is 6.79 Å². The van der Waals surface area contributed by atoms with Gasteiger partial charge in [-0.3, -0.25) is 4.79 Å². The molecule has 6 nitrogen and oxygen atoms in total. The number of fused-ring (bicyclic) bond motifs is 1. The molecule has 2 aromatic carbocycles. The minimum atomic E-state index is -0.933. The Labute approximate surface area is 152 Å². The topological polar surface area (TPSA) is 73.9 Å². The van der Waals surface area contributed by atoms with Gasteiger partial charge in [0, 0.05) is 5.69 Å². The summed E-state index contributed by atoms with van der Waals surface area (Å²) in [5.41, 5.74) is 2.14. The monoisotopic (exact) mass is 355 g/mol. The number of benzene rings is 2. The van der Waals surface area contributed by atoms with E-state index < -0.39 is 18.0 Å². The maximum Gasteiger partial charge on any atom is 0.339 e. The van der Waals surface area contributed by atoms with Crippen molar-refractivity contribution in [3.05, 3.63) is 53.6 Å². The lowest BCUT2D eigenvalue weighted by Gasteiger charge is -2.14. The number of hydrogen-bond acceptors (Lipinski definition) is 5. The average Bonchev–Trinajstić information content (AvgIpc) is 3.09. The molecule has 1 heterocycles. The number of anilines is 1. The molecule has 1 atom stereocenters. The van der Waals surface area contributed by atoms with Crippen LogP contribution < -0.4 is 14.8 Å². The van der Waals surface area contributed by atoms with Gasteiger partial charge < -0.3 is 19.5 Å². The number of hydrogen-bond donors (Lipinski definition) is 1. The molecule has 2 aromatic rings. The summed E-state index contributed by atoms with van der Waals surface area (Å²) in [4.78, 5) is 24.5. The van der Waals surface area contributed by atoms with Crippen LogP contribution in [0.5, 0.6) is 11.5 Å². The summed E-state index contributed by atoms with van der Waals surface area (Å²) in [6, 6.07) is 12.3. The Morgan fingerprint density at radius 1 is 1.00 bits per heavy atom. The smallest absolute Gasteiger partial charge is 0.339 e. The lowest BCUT2D eigenvalue weighted by Crippen LogP contribution is -2.30. The quantitative estimate of drug-likeness (QED) is 0.828. The van der Waals surface area contributed by atoms with Gasteiger partial charge in [-0.25, -0.2) is 4.79 Å². The first-order valence-electron chi connectivity index (χ1n) is 8.45. The Balaban J connectivity index is 1.59. The van der Waals surface area contributed by atoms with Crippen LogP contribution in [-0.4, -0.2) is 24.8 Å². The molecule has 0 aliphatic carbocycles. The molecule has 3 rings (SSSR count). The van der Waals surface area contributed by atoms with Crippen molar-refractivity contribution in [2.45, 2.75) is 32.8 Å². The summed E-state index contributed by atoms with van der Waals surface area (Å²) in [6.07, 6.45) is -0.933. The summed E-state index contributed by atoms with van der Waals surface area (Å²) in [5, 5.41) is 2.75. The Hall–Kier alpha value is -3.02. The number of esters is 1. The summed E-state index contributed by atoms with van der Waals surface area (Å²) >= 11 is 0. The van der Waals surface area contributed by atoms with Crippen LogP contribution in [0.4, 0.5) is 5.69 Å². The second-order valence-electron chi connectivity index (χ2n) is 6.38. The first-order chi connectivity index (χ1) is 12.4. The van der Waals surface area contributed by atoms with E-state index in [1.807, 2.05) is 24.3 Å². The number of amides is 1. The summed E-state index contributed by atoms with van der Waals surface area (Å²) in [5.74, 6) is 0.498. The van der Waals surface area contributed by atoms with Gasteiger partial charge in [0.2, 0.25) is 6.79 Å². The number of carbonyl (C=O) groups is 2. The SMILES string of the molecule is CC(C)c1ccc(NC(=O)[C@@H](C)OC(=O)c2ccc3c(c2)OCO3)cc1. The van der Waals surface area contributed by atoms with E-state index in [2.05, 4.69) is 19.2 Å². The van der Waals surface area contributed by atoms with E-state index in [4.69, 9.17) is 14.2 Å². The van der Waals surface area contributed by atoms with Gasteiger partial charge in [-0.1, -0.05) is 26.0 Å². The summed E-state index contributed by atoms with van der Waals surface area (Å²) in [6.45, 7) is 5.86. The molecule has 1 amide bonds. The largest absolute Gasteiger partial charge is 0.454 e. The highest BCUT2D eigenvalue weighted by molar-refractivity contribution is 5.97. The van der Waals surface area contributed by atoms with E-state index >= 15 is 0 Å². The highest BCUT2D eigenvalue weighted by atomic mass is 16.7. The van der Waals surface area contributed by atoms with Crippen molar-refractivity contribution in [3.8, 4) is 11.5 Å². The van der Waals surface area contributed by atoms with Crippen molar-refractivity contribution < 1.29 is 23.8 Å². The van der Waals surface area contributed by atoms with Crippen LogP contribution in [0.3, 0.4) is 0 Å². The number of nitrogens with one attached hydrogen (secondary N) is 1. The lowest BCUT2D eigenvalue weighted by molar-refractivity contribution is -0.123. The Bertz CT molecular complexity index is 813. The second kappa shape index (κ2) is 7.47. The van der Waals surface area contributed by atoms with Gasteiger partial charge in [0.05, 0.1) is 5.56 Å². The van der Waals surface area contributed by atoms with E-state index in [0.29, 0.717) is 28.7 Å². The van der Waals surface area contributed by atoms with Gasteiger partial charge in [-0.15, -0.1) is 0 Å². The molecule has 0 saturated carbocycles. The molecule has 0 saturated heterocycles. The normalized spacial score (nSPS) is 13.4. The zero-order valence-electron chi connectivity index (χ0n) is 14.9. The van der Waals surface area contributed by atoms with Crippen LogP contribution in [-0.2, 0) is 9.53 Å². The highest BCUT2D eigenvalue weighted by Crippen LogP contribution is 2.32. The number of rotatable bonds is 5. The van der Waals surface area contributed by atoms with Crippen LogP contribution in [0.15, 0.2) is 42.5 Å². The zero-order chi connectivity index (χ0) is 18.7. The van der Waals surface area contributed by atoms with Gasteiger partial charge in [-0.05, 0) is 48.7 Å². The van der Waals surface area contributed by atoms with Crippen molar-refractivity contribution in [3.63, 3.8) is 0 Å². The van der Waals surface area contributed by atoms with Crippen molar-refractivity contribution in [1.82, 2.24) is 0 Å². The van der Waals surface area contributed by atoms with Crippen molar-refractivity contribution in [1.29, 1.82) is 0 Å². The third-order valence-electron chi connectivity index (χ3n) is 4.11. The van der Waals surface area contributed by atoms with E-state index in [0.717, 1.165) is 0 Å². The van der Waals surface area contributed by atoms with Gasteiger partial charge >= 0.3 is 5.97 Å². The van der Waals surface area contributed by atoms with E-state index in [1.165, 1.54) is 12.5 Å². The van der Waals surface area contributed by atoms with Gasteiger partial charge in [0.25, 0.3) is 5.91 Å². The number of carbonyl (C=O) groups excluding carboxylic acids is 2. The molecule has 1 N–H and O–H groups in total. The van der Waals surface area contributed by atoms with Crippen LogP contribution in [0.2, 0.25) is 0 Å². The third-order valence-corrected chi connectivity index (χ3v) is 4.11. The second-order valence-corrected chi connectivity index (χ2v) is 6.38. The van der Waals surface area contributed by atoms with Crippen molar-refractivity contribution >= 4 is 17.6 Å². The van der Waals surface area contributed by atoms with Gasteiger partial charge in [-0.2, -0.15) is 0 Å². The molecule has 1 aliphatic heterocycles. The predicted molar refractivity (Wildman–Crippen MR) is 96.6 cm³/mol. The maximum absolute atomic E-state index is 12.3. The molecule has 0 unspecified atom stereocenters. The fourth-order valence-electron chi connectivity index (χ4n) is 2.50. The van der Waals surface area contributed by atoms with Crippen LogP contribution in [0.1, 0.15) is 42.6 Å². The Morgan fingerprint density at radius 2 is 1.69 bits per heavy atom. The third kappa shape index (κ3) is 3.96. The molecule has 136 valence electrons. The zero-order valence-corrected chi connectivity index (χ0v) is 14.9. The minimum Gasteiger partial charge on any atom is -0.454 e. The standard InChI is InChI=1S/C20H21NO5/c1-12(2)14-4-7-16(8-5-14)21-19(22)13(3)26-20(23)15-6-9-17-18(10-15)25-11-24-17/h4-10,12-13H,11H2,1-3H3,(H,21,22)/t13-/m1/s1. The minimum absolute atomic E-state index is 0.127. The van der Waals surface area contributed by atoms with Crippen LogP contribution in [0, 0.1) is 0 Å². The van der Waals surface area contributed by atoms with Gasteiger partial charge in [0.15, 0.2) is 17.6 Å². The molecular formula is C20H21NO5. The fourth-order valence-corrected chi connectivity index (χ4v) is 2.50. The molecule has 0 spiro atoms. The summed E-state index contributed by atoms with van der Waals surface area (Å²) < 4.78 is 15.7. The molecule has 0 fully saturated rings. The van der Waals surface area contributed by atoms with Crippen LogP contribution in [0.25, 0.3) is 0 Å². The molecule has 0 radical (unpaired) electrons. The summed E-state index contributed by atoms with van der Waals surface area (Å²) in [7, 11) is 0. The van der Waals surface area contributed by atoms with Crippen molar-refractivity contribution in [2.75, 3.05) is 12.1 Å². The highest BCUT2D eigenvalue weighted by Gasteiger charge is 2.21. The first kappa shape index (κ1) is 17.8.